The second kappa shape index (κ2) is 5.55. The van der Waals surface area contributed by atoms with E-state index in [0.29, 0.717) is 23.7 Å². The maximum Gasteiger partial charge on any atom is 0.166 e. The first-order chi connectivity index (χ1) is 8.25. The molecule has 1 rings (SSSR count). The number of aryl methyl sites for hydroxylation is 1. The van der Waals surface area contributed by atoms with E-state index in [1.54, 1.807) is 7.11 Å². The fourth-order valence-corrected chi connectivity index (χ4v) is 1.73. The number of ether oxygens (including phenoxy) is 1. The first-order valence-corrected chi connectivity index (χ1v) is 6.43. The molecule has 0 aliphatic carbocycles. The number of benzene rings is 1. The highest BCUT2D eigenvalue weighted by Gasteiger charge is 2.24. The van der Waals surface area contributed by atoms with Crippen LogP contribution in [0.2, 0.25) is 0 Å². The van der Waals surface area contributed by atoms with Gasteiger partial charge < -0.3 is 4.74 Å². The molecule has 0 aliphatic rings. The summed E-state index contributed by atoms with van der Waals surface area (Å²) >= 11 is 0. The molecule has 0 amide bonds. The molecule has 0 bridgehead atoms. The van der Waals surface area contributed by atoms with Crippen LogP contribution in [0.1, 0.15) is 50.0 Å². The molecule has 0 fully saturated rings. The second-order valence-corrected chi connectivity index (χ2v) is 6.10. The lowest BCUT2D eigenvalue weighted by molar-refractivity contribution is 0.0924. The van der Waals surface area contributed by atoms with Gasteiger partial charge in [-0.05, 0) is 30.4 Å². The lowest BCUT2D eigenvalue weighted by Gasteiger charge is -2.26. The van der Waals surface area contributed by atoms with Crippen molar-refractivity contribution in [2.45, 2.75) is 41.0 Å². The molecule has 2 nitrogen and oxygen atoms in total. The van der Waals surface area contributed by atoms with Gasteiger partial charge in [0.05, 0.1) is 12.7 Å². The minimum Gasteiger partial charge on any atom is -0.496 e. The number of hydrogen-bond acceptors (Lipinski definition) is 2. The monoisotopic (exact) mass is 248 g/mol. The fraction of sp³-hybridized carbons (Fsp3) is 0.562. The van der Waals surface area contributed by atoms with E-state index in [-0.39, 0.29) is 11.2 Å². The molecule has 0 aliphatic heterocycles. The highest BCUT2D eigenvalue weighted by atomic mass is 16.5. The van der Waals surface area contributed by atoms with Crippen LogP contribution < -0.4 is 4.74 Å². The Morgan fingerprint density at radius 1 is 1.33 bits per heavy atom. The molecule has 0 saturated heterocycles. The molecule has 1 atom stereocenters. The molecule has 0 saturated carbocycles. The van der Waals surface area contributed by atoms with Crippen molar-refractivity contribution in [1.29, 1.82) is 0 Å². The van der Waals surface area contributed by atoms with Crippen LogP contribution in [-0.2, 0) is 0 Å². The molecule has 18 heavy (non-hydrogen) atoms. The molecule has 0 heterocycles. The number of hydrogen-bond donors (Lipinski definition) is 0. The van der Waals surface area contributed by atoms with E-state index in [1.807, 2.05) is 25.1 Å². The molecule has 0 radical (unpaired) electrons. The smallest absolute Gasteiger partial charge is 0.166 e. The van der Waals surface area contributed by atoms with E-state index >= 15 is 0 Å². The molecule has 0 N–H and O–H groups in total. The van der Waals surface area contributed by atoms with Gasteiger partial charge in [-0.2, -0.15) is 0 Å². The summed E-state index contributed by atoms with van der Waals surface area (Å²) in [6.07, 6.45) is 0.559. The summed E-state index contributed by atoms with van der Waals surface area (Å²) in [5.74, 6) is 1.18. The van der Waals surface area contributed by atoms with Gasteiger partial charge in [0.25, 0.3) is 0 Å². The molecule has 2 heteroatoms. The van der Waals surface area contributed by atoms with Gasteiger partial charge in [0, 0.05) is 6.42 Å². The summed E-state index contributed by atoms with van der Waals surface area (Å²) in [6.45, 7) is 10.6. The van der Waals surface area contributed by atoms with E-state index in [1.165, 1.54) is 0 Å². The van der Waals surface area contributed by atoms with Gasteiger partial charge in [-0.15, -0.1) is 0 Å². The van der Waals surface area contributed by atoms with Crippen LogP contribution in [0.3, 0.4) is 0 Å². The SMILES string of the molecule is COc1ccc(C)cc1C(=O)CC(C)C(C)(C)C. The van der Waals surface area contributed by atoms with Gasteiger partial charge in [-0.1, -0.05) is 39.3 Å². The Morgan fingerprint density at radius 2 is 1.94 bits per heavy atom. The lowest BCUT2D eigenvalue weighted by Crippen LogP contribution is -2.20. The van der Waals surface area contributed by atoms with Gasteiger partial charge in [-0.3, -0.25) is 4.79 Å². The third kappa shape index (κ3) is 3.59. The van der Waals surface area contributed by atoms with E-state index in [9.17, 15) is 4.79 Å². The third-order valence-corrected chi connectivity index (χ3v) is 3.63. The summed E-state index contributed by atoms with van der Waals surface area (Å²) in [7, 11) is 1.61. The quantitative estimate of drug-likeness (QED) is 0.744. The Bertz CT molecular complexity index is 427. The first kappa shape index (κ1) is 14.7. The van der Waals surface area contributed by atoms with Crippen LogP contribution >= 0.6 is 0 Å². The minimum atomic E-state index is 0.146. The standard InChI is InChI=1S/C16H24O2/c1-11-7-8-15(18-6)13(9-11)14(17)10-12(2)16(3,4)5/h7-9,12H,10H2,1-6H3. The number of methoxy groups -OCH3 is 1. The number of carbonyl (C=O) groups is 1. The summed E-state index contributed by atoms with van der Waals surface area (Å²) < 4.78 is 5.27. The summed E-state index contributed by atoms with van der Waals surface area (Å²) in [4.78, 5) is 12.4. The zero-order valence-corrected chi connectivity index (χ0v) is 12.3. The molecular formula is C16H24O2. The molecule has 1 aromatic rings. The average molecular weight is 248 g/mol. The second-order valence-electron chi connectivity index (χ2n) is 6.10. The zero-order valence-electron chi connectivity index (χ0n) is 12.3. The molecule has 0 aromatic heterocycles. The maximum atomic E-state index is 12.4. The van der Waals surface area contributed by atoms with Crippen LogP contribution in [0.15, 0.2) is 18.2 Å². The van der Waals surface area contributed by atoms with Gasteiger partial charge in [0.1, 0.15) is 5.75 Å². The first-order valence-electron chi connectivity index (χ1n) is 6.43. The number of ketones is 1. The lowest BCUT2D eigenvalue weighted by atomic mass is 9.78. The zero-order chi connectivity index (χ0) is 13.9. The average Bonchev–Trinajstić information content (AvgIpc) is 2.27. The van der Waals surface area contributed by atoms with Crippen LogP contribution in [-0.4, -0.2) is 12.9 Å². The summed E-state index contributed by atoms with van der Waals surface area (Å²) in [6, 6.07) is 5.74. The Labute approximate surface area is 110 Å². The highest BCUT2D eigenvalue weighted by Crippen LogP contribution is 2.31. The molecule has 1 unspecified atom stereocenters. The Morgan fingerprint density at radius 3 is 2.44 bits per heavy atom. The van der Waals surface area contributed by atoms with Crippen LogP contribution in [0.25, 0.3) is 0 Å². The molecule has 0 spiro atoms. The van der Waals surface area contributed by atoms with Gasteiger partial charge in [-0.25, -0.2) is 0 Å². The van der Waals surface area contributed by atoms with Crippen LogP contribution in [0, 0.1) is 18.3 Å². The van der Waals surface area contributed by atoms with E-state index in [2.05, 4.69) is 27.7 Å². The van der Waals surface area contributed by atoms with Crippen molar-refractivity contribution in [3.05, 3.63) is 29.3 Å². The summed E-state index contributed by atoms with van der Waals surface area (Å²) in [5, 5.41) is 0. The number of carbonyl (C=O) groups excluding carboxylic acids is 1. The van der Waals surface area contributed by atoms with Crippen molar-refractivity contribution in [1.82, 2.24) is 0 Å². The van der Waals surface area contributed by atoms with Gasteiger partial charge >= 0.3 is 0 Å². The van der Waals surface area contributed by atoms with Crippen molar-refractivity contribution in [2.24, 2.45) is 11.3 Å². The van der Waals surface area contributed by atoms with Crippen molar-refractivity contribution >= 4 is 5.78 Å². The van der Waals surface area contributed by atoms with Crippen molar-refractivity contribution in [3.8, 4) is 5.75 Å². The van der Waals surface area contributed by atoms with Crippen LogP contribution in [0.5, 0.6) is 5.75 Å². The topological polar surface area (TPSA) is 26.3 Å². The van der Waals surface area contributed by atoms with Gasteiger partial charge in [0.15, 0.2) is 5.78 Å². The Balaban J connectivity index is 2.94. The van der Waals surface area contributed by atoms with E-state index in [4.69, 9.17) is 4.74 Å². The van der Waals surface area contributed by atoms with Crippen molar-refractivity contribution < 1.29 is 9.53 Å². The van der Waals surface area contributed by atoms with E-state index in [0.717, 1.165) is 5.56 Å². The largest absolute Gasteiger partial charge is 0.496 e. The Hall–Kier alpha value is -1.31. The third-order valence-electron chi connectivity index (χ3n) is 3.63. The minimum absolute atomic E-state index is 0.146. The number of rotatable bonds is 4. The van der Waals surface area contributed by atoms with Crippen molar-refractivity contribution in [2.75, 3.05) is 7.11 Å². The fourth-order valence-electron chi connectivity index (χ4n) is 1.73. The van der Waals surface area contributed by atoms with Gasteiger partial charge in [0.2, 0.25) is 0 Å². The molecule has 1 aromatic carbocycles. The maximum absolute atomic E-state index is 12.4. The predicted molar refractivity (Wildman–Crippen MR) is 75.3 cm³/mol. The highest BCUT2D eigenvalue weighted by molar-refractivity contribution is 5.99. The molecule has 100 valence electrons. The molecular weight excluding hydrogens is 224 g/mol. The van der Waals surface area contributed by atoms with Crippen molar-refractivity contribution in [3.63, 3.8) is 0 Å². The normalized spacial score (nSPS) is 13.2. The number of Topliss-reactive ketones (excluding diaryl/α,β-unsaturated/α-hetero) is 1. The Kier molecular flexibility index (Phi) is 4.55. The summed E-state index contributed by atoms with van der Waals surface area (Å²) in [5.41, 5.74) is 1.93. The van der Waals surface area contributed by atoms with Crippen LogP contribution in [0.4, 0.5) is 0 Å². The van der Waals surface area contributed by atoms with E-state index < -0.39 is 0 Å². The predicted octanol–water partition coefficient (Wildman–Crippen LogP) is 4.26.